The Balaban J connectivity index is 2.12. The summed E-state index contributed by atoms with van der Waals surface area (Å²) in [4.78, 5) is 16.4. The maximum Gasteiger partial charge on any atom is 0.420 e. The van der Waals surface area contributed by atoms with Gasteiger partial charge in [0.15, 0.2) is 0 Å². The van der Waals surface area contributed by atoms with Crippen molar-refractivity contribution in [3.63, 3.8) is 0 Å². The summed E-state index contributed by atoms with van der Waals surface area (Å²) < 4.78 is 43.1. The summed E-state index contributed by atoms with van der Waals surface area (Å²) in [5, 5.41) is 18.6. The van der Waals surface area contributed by atoms with Gasteiger partial charge in [-0.15, -0.1) is 4.99 Å². The third-order valence-electron chi connectivity index (χ3n) is 5.29. The molecule has 4 aromatic heterocycles. The molecule has 2 N–H and O–H groups in total. The SMILES string of the molecule is Cn1c(=NC#N)n(-c2ccc(C(C)(C)C#N)nc2)c2c3nc(N)c(C(F)(F)F)cc3ncc21. The highest BCUT2D eigenvalue weighted by Gasteiger charge is 2.34. The largest absolute Gasteiger partial charge is 0.420 e. The molecule has 0 aliphatic heterocycles. The number of alkyl halides is 3. The van der Waals surface area contributed by atoms with E-state index in [2.05, 4.69) is 26.0 Å². The van der Waals surface area contributed by atoms with Crippen LogP contribution in [0.1, 0.15) is 25.1 Å². The van der Waals surface area contributed by atoms with Gasteiger partial charge < -0.3 is 10.3 Å². The van der Waals surface area contributed by atoms with Crippen LogP contribution in [-0.2, 0) is 18.6 Å². The number of hydrogen-bond acceptors (Lipinski definition) is 7. The summed E-state index contributed by atoms with van der Waals surface area (Å²) in [6.45, 7) is 3.45. The molecular formula is C21H16F3N9. The van der Waals surface area contributed by atoms with Crippen molar-refractivity contribution in [3.8, 4) is 17.9 Å². The first-order valence-corrected chi connectivity index (χ1v) is 9.54. The highest BCUT2D eigenvalue weighted by atomic mass is 19.4. The number of anilines is 1. The van der Waals surface area contributed by atoms with E-state index < -0.39 is 23.0 Å². The Morgan fingerprint density at radius 1 is 1.12 bits per heavy atom. The number of nitrogen functional groups attached to an aromatic ring is 1. The van der Waals surface area contributed by atoms with Crippen LogP contribution in [0.5, 0.6) is 0 Å². The molecule has 0 bridgehead atoms. The van der Waals surface area contributed by atoms with Crippen LogP contribution in [0.15, 0.2) is 35.6 Å². The van der Waals surface area contributed by atoms with Crippen LogP contribution in [0.3, 0.4) is 0 Å². The lowest BCUT2D eigenvalue weighted by molar-refractivity contribution is -0.137. The molecule has 4 aromatic rings. The third-order valence-corrected chi connectivity index (χ3v) is 5.29. The van der Waals surface area contributed by atoms with Crippen molar-refractivity contribution in [2.75, 3.05) is 5.73 Å². The first-order chi connectivity index (χ1) is 15.5. The first-order valence-electron chi connectivity index (χ1n) is 9.54. The molecule has 0 spiro atoms. The molecule has 33 heavy (non-hydrogen) atoms. The molecule has 4 heterocycles. The number of aromatic nitrogens is 5. The number of hydrogen-bond donors (Lipinski definition) is 1. The van der Waals surface area contributed by atoms with Crippen LogP contribution in [0.4, 0.5) is 19.0 Å². The van der Waals surface area contributed by atoms with Crippen LogP contribution in [0, 0.1) is 22.8 Å². The van der Waals surface area contributed by atoms with E-state index in [1.54, 1.807) is 48.4 Å². The summed E-state index contributed by atoms with van der Waals surface area (Å²) in [6, 6.07) is 6.35. The quantitative estimate of drug-likeness (QED) is 0.466. The van der Waals surface area contributed by atoms with Gasteiger partial charge in [0.2, 0.25) is 11.8 Å². The number of nitrogens with two attached hydrogens (primary N) is 1. The molecule has 0 atom stereocenters. The minimum Gasteiger partial charge on any atom is -0.383 e. The third kappa shape index (κ3) is 3.42. The standard InChI is InChI=1S/C21H16F3N9/c1-20(2,9-25)15-5-4-11(7-29-15)33-17-14(32(3)19(33)30-10-26)8-28-13-6-12(21(22,23)24)18(27)31-16(13)17/h4-8H,1-3H3,(H2,27,31). The van der Waals surface area contributed by atoms with Crippen LogP contribution in [0.25, 0.3) is 27.8 Å². The van der Waals surface area contributed by atoms with Gasteiger partial charge in [0.25, 0.3) is 0 Å². The van der Waals surface area contributed by atoms with Gasteiger partial charge in [-0.25, -0.2) is 4.98 Å². The van der Waals surface area contributed by atoms with E-state index in [1.807, 2.05) is 0 Å². The van der Waals surface area contributed by atoms with Crippen molar-refractivity contribution < 1.29 is 13.2 Å². The maximum atomic E-state index is 13.3. The average molecular weight is 451 g/mol. The number of imidazole rings is 1. The molecule has 4 rings (SSSR count). The van der Waals surface area contributed by atoms with E-state index in [-0.39, 0.29) is 16.7 Å². The fraction of sp³-hybridized carbons (Fsp3) is 0.238. The van der Waals surface area contributed by atoms with E-state index >= 15 is 0 Å². The molecule has 0 aliphatic rings. The van der Waals surface area contributed by atoms with E-state index in [1.165, 1.54) is 12.4 Å². The molecule has 0 saturated heterocycles. The minimum atomic E-state index is -4.69. The van der Waals surface area contributed by atoms with E-state index in [9.17, 15) is 23.7 Å². The zero-order chi connectivity index (χ0) is 24.1. The van der Waals surface area contributed by atoms with E-state index in [0.29, 0.717) is 22.4 Å². The number of nitriles is 2. The smallest absolute Gasteiger partial charge is 0.383 e. The highest BCUT2D eigenvalue weighted by Crippen LogP contribution is 2.35. The first kappa shape index (κ1) is 21.8. The molecule has 166 valence electrons. The van der Waals surface area contributed by atoms with Crippen molar-refractivity contribution in [2.24, 2.45) is 12.0 Å². The lowest BCUT2D eigenvalue weighted by atomic mass is 9.91. The Labute approximate surface area is 184 Å². The summed E-state index contributed by atoms with van der Waals surface area (Å²) >= 11 is 0. The van der Waals surface area contributed by atoms with Crippen molar-refractivity contribution in [1.29, 1.82) is 10.5 Å². The Hall–Kier alpha value is -4.45. The van der Waals surface area contributed by atoms with Crippen molar-refractivity contribution in [1.82, 2.24) is 24.1 Å². The predicted octanol–water partition coefficient (Wildman–Crippen LogP) is 3.09. The van der Waals surface area contributed by atoms with Gasteiger partial charge >= 0.3 is 6.18 Å². The number of rotatable bonds is 2. The Bertz CT molecular complexity index is 1560. The van der Waals surface area contributed by atoms with Gasteiger partial charge in [0.05, 0.1) is 51.9 Å². The molecule has 12 heteroatoms. The maximum absolute atomic E-state index is 13.3. The van der Waals surface area contributed by atoms with Gasteiger partial charge in [-0.1, -0.05) is 0 Å². The highest BCUT2D eigenvalue weighted by molar-refractivity contribution is 6.01. The van der Waals surface area contributed by atoms with Crippen LogP contribution < -0.4 is 11.4 Å². The zero-order valence-electron chi connectivity index (χ0n) is 17.7. The molecule has 0 aliphatic carbocycles. The van der Waals surface area contributed by atoms with Gasteiger partial charge in [0, 0.05) is 7.05 Å². The second kappa shape index (κ2) is 7.31. The summed E-state index contributed by atoms with van der Waals surface area (Å²) in [6.07, 6.45) is -0.0883. The molecular weight excluding hydrogens is 435 g/mol. The predicted molar refractivity (Wildman–Crippen MR) is 112 cm³/mol. The van der Waals surface area contributed by atoms with Crippen molar-refractivity contribution >= 4 is 27.9 Å². The second-order valence-electron chi connectivity index (χ2n) is 7.82. The fourth-order valence-electron chi connectivity index (χ4n) is 3.51. The number of fused-ring (bicyclic) bond motifs is 3. The molecule has 0 unspecified atom stereocenters. The minimum absolute atomic E-state index is 0.0259. The summed E-state index contributed by atoms with van der Waals surface area (Å²) in [5.41, 5.74) is 5.78. The van der Waals surface area contributed by atoms with Crippen LogP contribution >= 0.6 is 0 Å². The van der Waals surface area contributed by atoms with Gasteiger partial charge in [0.1, 0.15) is 16.9 Å². The number of aryl methyl sites for hydroxylation is 1. The molecule has 9 nitrogen and oxygen atoms in total. The average Bonchev–Trinajstić information content (AvgIpc) is 3.05. The summed E-state index contributed by atoms with van der Waals surface area (Å²) in [7, 11) is 1.64. The molecule has 0 amide bonds. The van der Waals surface area contributed by atoms with E-state index in [4.69, 9.17) is 5.73 Å². The van der Waals surface area contributed by atoms with Crippen molar-refractivity contribution in [2.45, 2.75) is 25.4 Å². The zero-order valence-corrected chi connectivity index (χ0v) is 17.7. The summed E-state index contributed by atoms with van der Waals surface area (Å²) in [5.74, 6) is -0.692. The number of nitrogens with zero attached hydrogens (tertiary/aromatic N) is 8. The molecule has 0 radical (unpaired) electrons. The van der Waals surface area contributed by atoms with Crippen LogP contribution in [-0.4, -0.2) is 24.1 Å². The molecule has 0 fully saturated rings. The normalized spacial score (nSPS) is 12.8. The Kier molecular flexibility index (Phi) is 4.82. The van der Waals surface area contributed by atoms with Gasteiger partial charge in [-0.05, 0) is 32.0 Å². The lowest BCUT2D eigenvalue weighted by Crippen LogP contribution is -2.23. The second-order valence-corrected chi connectivity index (χ2v) is 7.82. The Morgan fingerprint density at radius 2 is 1.85 bits per heavy atom. The topological polar surface area (TPSA) is 134 Å². The van der Waals surface area contributed by atoms with Gasteiger partial charge in [-0.2, -0.15) is 23.7 Å². The monoisotopic (exact) mass is 451 g/mol. The molecule has 0 aromatic carbocycles. The Morgan fingerprint density at radius 3 is 2.42 bits per heavy atom. The molecule has 0 saturated carbocycles. The van der Waals surface area contributed by atoms with Gasteiger partial charge in [-0.3, -0.25) is 14.5 Å². The fourth-order valence-corrected chi connectivity index (χ4v) is 3.51. The van der Waals surface area contributed by atoms with Crippen molar-refractivity contribution in [3.05, 3.63) is 47.5 Å². The number of pyridine rings is 3. The number of halogens is 3. The lowest BCUT2D eigenvalue weighted by Gasteiger charge is -2.15. The van der Waals surface area contributed by atoms with E-state index in [0.717, 1.165) is 6.07 Å². The van der Waals surface area contributed by atoms with Crippen LogP contribution in [0.2, 0.25) is 0 Å².